The summed E-state index contributed by atoms with van der Waals surface area (Å²) in [5.41, 5.74) is 18.6. The third-order valence-electron chi connectivity index (χ3n) is 8.49. The molecule has 0 aromatic heterocycles. The van der Waals surface area contributed by atoms with Crippen LogP contribution in [0.25, 0.3) is 22.3 Å². The third kappa shape index (κ3) is 4.53. The molecule has 38 heavy (non-hydrogen) atoms. The minimum absolute atomic E-state index is 0.255. The molecule has 4 rings (SSSR count). The van der Waals surface area contributed by atoms with Gasteiger partial charge in [0.15, 0.2) is 0 Å². The average molecular weight is 497 g/mol. The SMILES string of the molecule is Cc1cc(-c2ccc(C#N)c(C)c2C)cc(C)c1C(C)c1c(C)cc(-c2ccc(C#N)c(C)c2C)cc1C. The molecule has 0 atom stereocenters. The van der Waals surface area contributed by atoms with Gasteiger partial charge in [-0.3, -0.25) is 0 Å². The van der Waals surface area contributed by atoms with Crippen LogP contribution >= 0.6 is 0 Å². The molecule has 2 heteroatoms. The van der Waals surface area contributed by atoms with E-state index in [1.807, 2.05) is 26.0 Å². The second kappa shape index (κ2) is 10.3. The minimum atomic E-state index is 0.255. The molecule has 0 heterocycles. The Hall–Kier alpha value is -4.14. The summed E-state index contributed by atoms with van der Waals surface area (Å²) in [6, 6.07) is 21.8. The first-order valence-corrected chi connectivity index (χ1v) is 13.2. The molecule has 0 radical (unpaired) electrons. The Morgan fingerprint density at radius 3 is 1.11 bits per heavy atom. The standard InChI is InChI=1S/C36H36N2/c1-20-14-31(33-12-10-29(18-37)24(5)26(33)7)15-21(2)35(20)28(9)36-22(3)16-32(17-23(36)4)34-13-11-30(19-38)25(6)27(34)8/h10-17,28H,1-9H3. The van der Waals surface area contributed by atoms with Crippen molar-refractivity contribution in [2.24, 2.45) is 0 Å². The Kier molecular flexibility index (Phi) is 7.31. The Morgan fingerprint density at radius 2 is 0.816 bits per heavy atom. The molecular weight excluding hydrogens is 460 g/mol. The molecule has 0 saturated heterocycles. The van der Waals surface area contributed by atoms with E-state index >= 15 is 0 Å². The first-order chi connectivity index (χ1) is 18.0. The maximum absolute atomic E-state index is 9.41. The molecule has 2 nitrogen and oxygen atoms in total. The molecule has 0 amide bonds. The number of benzene rings is 4. The number of nitrogens with zero attached hydrogens (tertiary/aromatic N) is 2. The van der Waals surface area contributed by atoms with E-state index in [0.29, 0.717) is 0 Å². The second-order valence-corrected chi connectivity index (χ2v) is 10.8. The van der Waals surface area contributed by atoms with E-state index in [4.69, 9.17) is 0 Å². The van der Waals surface area contributed by atoms with Crippen LogP contribution in [0.3, 0.4) is 0 Å². The molecule has 0 N–H and O–H groups in total. The highest BCUT2D eigenvalue weighted by Crippen LogP contribution is 2.39. The Balaban J connectivity index is 1.77. The summed E-state index contributed by atoms with van der Waals surface area (Å²) in [5.74, 6) is 0.255. The number of hydrogen-bond donors (Lipinski definition) is 0. The molecule has 190 valence electrons. The van der Waals surface area contributed by atoms with Crippen LogP contribution in [-0.4, -0.2) is 0 Å². The zero-order valence-electron chi connectivity index (χ0n) is 24.1. The second-order valence-electron chi connectivity index (χ2n) is 10.8. The number of aryl methyl sites for hydroxylation is 4. The molecule has 0 bridgehead atoms. The number of hydrogen-bond acceptors (Lipinski definition) is 2. The summed E-state index contributed by atoms with van der Waals surface area (Å²) in [4.78, 5) is 0. The van der Waals surface area contributed by atoms with Gasteiger partial charge in [-0.2, -0.15) is 10.5 Å². The van der Waals surface area contributed by atoms with Gasteiger partial charge in [0.1, 0.15) is 0 Å². The maximum Gasteiger partial charge on any atom is 0.0994 e. The summed E-state index contributed by atoms with van der Waals surface area (Å²) >= 11 is 0. The van der Waals surface area contributed by atoms with Crippen molar-refractivity contribution in [2.45, 2.75) is 68.2 Å². The van der Waals surface area contributed by atoms with Crippen LogP contribution in [0.4, 0.5) is 0 Å². The van der Waals surface area contributed by atoms with Crippen molar-refractivity contribution in [2.75, 3.05) is 0 Å². The smallest absolute Gasteiger partial charge is 0.0994 e. The fourth-order valence-electron chi connectivity index (χ4n) is 6.28. The van der Waals surface area contributed by atoms with Crippen molar-refractivity contribution in [1.29, 1.82) is 10.5 Å². The van der Waals surface area contributed by atoms with Crippen LogP contribution in [0.2, 0.25) is 0 Å². The highest BCUT2D eigenvalue weighted by atomic mass is 14.3. The zero-order valence-corrected chi connectivity index (χ0v) is 24.1. The Morgan fingerprint density at radius 1 is 0.500 bits per heavy atom. The quantitative estimate of drug-likeness (QED) is 0.282. The van der Waals surface area contributed by atoms with Crippen molar-refractivity contribution in [3.63, 3.8) is 0 Å². The van der Waals surface area contributed by atoms with E-state index < -0.39 is 0 Å². The van der Waals surface area contributed by atoms with Crippen molar-refractivity contribution in [3.8, 4) is 34.4 Å². The predicted molar refractivity (Wildman–Crippen MR) is 159 cm³/mol. The van der Waals surface area contributed by atoms with Crippen LogP contribution in [0.15, 0.2) is 48.5 Å². The van der Waals surface area contributed by atoms with Crippen molar-refractivity contribution in [1.82, 2.24) is 0 Å². The van der Waals surface area contributed by atoms with Gasteiger partial charge >= 0.3 is 0 Å². The van der Waals surface area contributed by atoms with Gasteiger partial charge in [-0.15, -0.1) is 0 Å². The van der Waals surface area contributed by atoms with E-state index in [0.717, 1.165) is 22.3 Å². The highest BCUT2D eigenvalue weighted by Gasteiger charge is 2.21. The topological polar surface area (TPSA) is 47.6 Å². The fraction of sp³-hybridized carbons (Fsp3) is 0.278. The predicted octanol–water partition coefficient (Wildman–Crippen LogP) is 9.38. The summed E-state index contributed by atoms with van der Waals surface area (Å²) in [6.45, 7) is 19.5. The van der Waals surface area contributed by atoms with Crippen LogP contribution in [0.1, 0.15) is 79.6 Å². The molecule has 0 aliphatic carbocycles. The van der Waals surface area contributed by atoms with E-state index in [-0.39, 0.29) is 5.92 Å². The molecule has 0 saturated carbocycles. The molecular formula is C36H36N2. The third-order valence-corrected chi connectivity index (χ3v) is 8.49. The first kappa shape index (κ1) is 26.9. The lowest BCUT2D eigenvalue weighted by atomic mass is 9.80. The lowest BCUT2D eigenvalue weighted by Gasteiger charge is -2.24. The molecule has 0 spiro atoms. The lowest BCUT2D eigenvalue weighted by molar-refractivity contribution is 0.877. The first-order valence-electron chi connectivity index (χ1n) is 13.2. The summed E-state index contributed by atoms with van der Waals surface area (Å²) in [7, 11) is 0. The van der Waals surface area contributed by atoms with Gasteiger partial charge in [-0.05, 0) is 145 Å². The fourth-order valence-corrected chi connectivity index (χ4v) is 6.28. The van der Waals surface area contributed by atoms with Gasteiger partial charge < -0.3 is 0 Å². The highest BCUT2D eigenvalue weighted by molar-refractivity contribution is 5.74. The summed E-state index contributed by atoms with van der Waals surface area (Å²) in [6.07, 6.45) is 0. The van der Waals surface area contributed by atoms with Crippen LogP contribution < -0.4 is 0 Å². The molecule has 0 unspecified atom stereocenters. The van der Waals surface area contributed by atoms with Gasteiger partial charge in [0.2, 0.25) is 0 Å². The number of rotatable bonds is 4. The molecule has 0 aliphatic rings. The minimum Gasteiger partial charge on any atom is -0.192 e. The zero-order chi connectivity index (χ0) is 27.9. The largest absolute Gasteiger partial charge is 0.192 e. The van der Waals surface area contributed by atoms with Gasteiger partial charge in [0, 0.05) is 5.92 Å². The van der Waals surface area contributed by atoms with Crippen LogP contribution in [-0.2, 0) is 0 Å². The summed E-state index contributed by atoms with van der Waals surface area (Å²) in [5, 5.41) is 18.8. The van der Waals surface area contributed by atoms with E-state index in [9.17, 15) is 10.5 Å². The summed E-state index contributed by atoms with van der Waals surface area (Å²) < 4.78 is 0. The van der Waals surface area contributed by atoms with E-state index in [1.54, 1.807) is 0 Å². The normalized spacial score (nSPS) is 10.9. The van der Waals surface area contributed by atoms with Gasteiger partial charge in [0.05, 0.1) is 23.3 Å². The molecule has 0 aliphatic heterocycles. The van der Waals surface area contributed by atoms with E-state index in [1.165, 1.54) is 66.8 Å². The van der Waals surface area contributed by atoms with Crippen molar-refractivity contribution < 1.29 is 0 Å². The van der Waals surface area contributed by atoms with Gasteiger partial charge in [0.25, 0.3) is 0 Å². The maximum atomic E-state index is 9.41. The number of nitriles is 2. The molecule has 4 aromatic rings. The lowest BCUT2D eigenvalue weighted by Crippen LogP contribution is -2.07. The van der Waals surface area contributed by atoms with Crippen LogP contribution in [0.5, 0.6) is 0 Å². The molecule has 4 aromatic carbocycles. The monoisotopic (exact) mass is 496 g/mol. The van der Waals surface area contributed by atoms with Gasteiger partial charge in [-0.1, -0.05) is 43.3 Å². The Labute approximate surface area is 228 Å². The van der Waals surface area contributed by atoms with E-state index in [2.05, 4.69) is 97.0 Å². The molecule has 0 fully saturated rings. The van der Waals surface area contributed by atoms with Crippen LogP contribution in [0, 0.1) is 78.1 Å². The van der Waals surface area contributed by atoms with Crippen molar-refractivity contribution in [3.05, 3.63) is 115 Å². The van der Waals surface area contributed by atoms with Gasteiger partial charge in [-0.25, -0.2) is 0 Å². The van der Waals surface area contributed by atoms with Crippen molar-refractivity contribution >= 4 is 0 Å². The Bertz CT molecular complexity index is 1500. The average Bonchev–Trinajstić information content (AvgIpc) is 2.86.